The Hall–Kier alpha value is -1.34. The second-order valence-corrected chi connectivity index (χ2v) is 6.45. The van der Waals surface area contributed by atoms with Crippen LogP contribution in [0.4, 0.5) is 0 Å². The van der Waals surface area contributed by atoms with E-state index < -0.39 is 9.84 Å². The molecule has 0 aliphatic rings. The van der Waals surface area contributed by atoms with E-state index in [-0.39, 0.29) is 17.4 Å². The quantitative estimate of drug-likeness (QED) is 0.808. The maximum Gasteiger partial charge on any atom is 0.154 e. The molecule has 92 valence electrons. The average molecular weight is 251 g/mol. The molecule has 1 unspecified atom stereocenters. The van der Waals surface area contributed by atoms with Crippen LogP contribution in [0.25, 0.3) is 0 Å². The smallest absolute Gasteiger partial charge is 0.154 e. The first-order chi connectivity index (χ1) is 7.98. The standard InChI is InChI=1S/C13H17NO2S/c1-3-11(2)9-17(15,16)10-13-7-5-4-6-12(13)8-14/h4-7,11H,3,9-10H2,1-2H3. The second kappa shape index (κ2) is 5.83. The lowest BCUT2D eigenvalue weighted by Gasteiger charge is -2.10. The topological polar surface area (TPSA) is 57.9 Å². The van der Waals surface area contributed by atoms with Gasteiger partial charge in [0.15, 0.2) is 9.84 Å². The Balaban J connectivity index is 2.88. The van der Waals surface area contributed by atoms with Crippen molar-refractivity contribution in [2.45, 2.75) is 26.0 Å². The molecule has 0 radical (unpaired) electrons. The molecule has 1 aromatic rings. The lowest BCUT2D eigenvalue weighted by Crippen LogP contribution is -2.15. The minimum Gasteiger partial charge on any atom is -0.228 e. The summed E-state index contributed by atoms with van der Waals surface area (Å²) in [6.07, 6.45) is 0.846. The van der Waals surface area contributed by atoms with Crippen molar-refractivity contribution < 1.29 is 8.42 Å². The fourth-order valence-electron chi connectivity index (χ4n) is 1.60. The number of hydrogen-bond donors (Lipinski definition) is 0. The summed E-state index contributed by atoms with van der Waals surface area (Å²) < 4.78 is 23.9. The monoisotopic (exact) mass is 251 g/mol. The van der Waals surface area contributed by atoms with Crippen LogP contribution in [-0.4, -0.2) is 14.2 Å². The third-order valence-electron chi connectivity index (χ3n) is 2.75. The molecule has 0 amide bonds. The van der Waals surface area contributed by atoms with Crippen LogP contribution in [0.2, 0.25) is 0 Å². The largest absolute Gasteiger partial charge is 0.228 e. The Morgan fingerprint density at radius 1 is 1.35 bits per heavy atom. The van der Waals surface area contributed by atoms with Gasteiger partial charge in [-0.3, -0.25) is 0 Å². The zero-order chi connectivity index (χ0) is 12.9. The molecule has 3 nitrogen and oxygen atoms in total. The van der Waals surface area contributed by atoms with Gasteiger partial charge in [0, 0.05) is 0 Å². The van der Waals surface area contributed by atoms with Gasteiger partial charge in [0.1, 0.15) is 0 Å². The van der Waals surface area contributed by atoms with Crippen LogP contribution >= 0.6 is 0 Å². The molecule has 0 spiro atoms. The van der Waals surface area contributed by atoms with E-state index in [2.05, 4.69) is 0 Å². The minimum atomic E-state index is -3.13. The molecule has 0 fully saturated rings. The SMILES string of the molecule is CCC(C)CS(=O)(=O)Cc1ccccc1C#N. The van der Waals surface area contributed by atoms with Gasteiger partial charge in [0.2, 0.25) is 0 Å². The van der Waals surface area contributed by atoms with Crippen molar-refractivity contribution in [2.75, 3.05) is 5.75 Å². The maximum atomic E-state index is 11.9. The fourth-order valence-corrected chi connectivity index (χ4v) is 3.55. The highest BCUT2D eigenvalue weighted by atomic mass is 32.2. The van der Waals surface area contributed by atoms with Crippen LogP contribution in [0.1, 0.15) is 31.4 Å². The minimum absolute atomic E-state index is 0.0406. The van der Waals surface area contributed by atoms with Gasteiger partial charge in [-0.05, 0) is 17.5 Å². The van der Waals surface area contributed by atoms with E-state index >= 15 is 0 Å². The van der Waals surface area contributed by atoms with Crippen LogP contribution in [0.5, 0.6) is 0 Å². The van der Waals surface area contributed by atoms with E-state index in [1.807, 2.05) is 19.9 Å². The molecule has 0 bridgehead atoms. The molecule has 17 heavy (non-hydrogen) atoms. The first kappa shape index (κ1) is 13.7. The molecule has 0 heterocycles. The number of hydrogen-bond acceptors (Lipinski definition) is 3. The van der Waals surface area contributed by atoms with Crippen molar-refractivity contribution in [1.82, 2.24) is 0 Å². The summed E-state index contributed by atoms with van der Waals surface area (Å²) in [5.74, 6) is 0.305. The Morgan fingerprint density at radius 2 is 2.00 bits per heavy atom. The highest BCUT2D eigenvalue weighted by molar-refractivity contribution is 7.90. The van der Waals surface area contributed by atoms with Gasteiger partial charge in [-0.25, -0.2) is 8.42 Å². The van der Waals surface area contributed by atoms with Crippen molar-refractivity contribution in [1.29, 1.82) is 5.26 Å². The molecule has 1 atom stereocenters. The number of rotatable bonds is 5. The van der Waals surface area contributed by atoms with E-state index in [1.54, 1.807) is 24.3 Å². The first-order valence-electron chi connectivity index (χ1n) is 5.67. The lowest BCUT2D eigenvalue weighted by molar-refractivity contribution is 0.563. The summed E-state index contributed by atoms with van der Waals surface area (Å²) in [7, 11) is -3.13. The third-order valence-corrected chi connectivity index (χ3v) is 4.58. The summed E-state index contributed by atoms with van der Waals surface area (Å²) in [6.45, 7) is 3.90. The van der Waals surface area contributed by atoms with E-state index in [4.69, 9.17) is 5.26 Å². The van der Waals surface area contributed by atoms with Crippen LogP contribution in [-0.2, 0) is 15.6 Å². The van der Waals surface area contributed by atoms with Crippen LogP contribution in [0, 0.1) is 17.2 Å². The molecule has 0 N–H and O–H groups in total. The van der Waals surface area contributed by atoms with Gasteiger partial charge < -0.3 is 0 Å². The highest BCUT2D eigenvalue weighted by Crippen LogP contribution is 2.15. The molecular weight excluding hydrogens is 234 g/mol. The van der Waals surface area contributed by atoms with Gasteiger partial charge in [-0.1, -0.05) is 38.5 Å². The molecule has 0 saturated carbocycles. The Kier molecular flexibility index (Phi) is 4.71. The molecule has 1 rings (SSSR count). The fraction of sp³-hybridized carbons (Fsp3) is 0.462. The van der Waals surface area contributed by atoms with Crippen molar-refractivity contribution in [3.8, 4) is 6.07 Å². The average Bonchev–Trinajstić information content (AvgIpc) is 2.28. The van der Waals surface area contributed by atoms with E-state index in [9.17, 15) is 8.42 Å². The van der Waals surface area contributed by atoms with E-state index in [0.717, 1.165) is 6.42 Å². The molecule has 0 aromatic heterocycles. The summed E-state index contributed by atoms with van der Waals surface area (Å²) in [4.78, 5) is 0. The van der Waals surface area contributed by atoms with Crippen molar-refractivity contribution in [3.05, 3.63) is 35.4 Å². The Morgan fingerprint density at radius 3 is 2.59 bits per heavy atom. The van der Waals surface area contributed by atoms with Gasteiger partial charge in [0.25, 0.3) is 0 Å². The molecule has 4 heteroatoms. The zero-order valence-corrected chi connectivity index (χ0v) is 11.0. The predicted octanol–water partition coefficient (Wildman–Crippen LogP) is 2.52. The second-order valence-electron chi connectivity index (χ2n) is 4.34. The first-order valence-corrected chi connectivity index (χ1v) is 7.49. The highest BCUT2D eigenvalue weighted by Gasteiger charge is 2.17. The summed E-state index contributed by atoms with van der Waals surface area (Å²) >= 11 is 0. The van der Waals surface area contributed by atoms with E-state index in [0.29, 0.717) is 11.1 Å². The molecular formula is C13H17NO2S. The van der Waals surface area contributed by atoms with Crippen molar-refractivity contribution >= 4 is 9.84 Å². The third kappa shape index (κ3) is 4.20. The van der Waals surface area contributed by atoms with Gasteiger partial charge in [0.05, 0.1) is 23.1 Å². The predicted molar refractivity (Wildman–Crippen MR) is 68.1 cm³/mol. The number of benzene rings is 1. The lowest BCUT2D eigenvalue weighted by atomic mass is 10.1. The van der Waals surface area contributed by atoms with E-state index in [1.165, 1.54) is 0 Å². The van der Waals surface area contributed by atoms with Crippen LogP contribution in [0.3, 0.4) is 0 Å². The normalized spacial score (nSPS) is 13.0. The Bertz CT molecular complexity index is 514. The number of nitriles is 1. The summed E-state index contributed by atoms with van der Waals surface area (Å²) in [6, 6.07) is 8.87. The number of sulfone groups is 1. The van der Waals surface area contributed by atoms with Gasteiger partial charge in [-0.2, -0.15) is 5.26 Å². The molecule has 1 aromatic carbocycles. The Labute approximate surface area is 103 Å². The summed E-state index contributed by atoms with van der Waals surface area (Å²) in [5.41, 5.74) is 1.04. The maximum absolute atomic E-state index is 11.9. The summed E-state index contributed by atoms with van der Waals surface area (Å²) in [5, 5.41) is 8.90. The van der Waals surface area contributed by atoms with Crippen molar-refractivity contribution in [2.24, 2.45) is 5.92 Å². The van der Waals surface area contributed by atoms with Crippen LogP contribution in [0.15, 0.2) is 24.3 Å². The zero-order valence-electron chi connectivity index (χ0n) is 10.2. The van der Waals surface area contributed by atoms with Crippen molar-refractivity contribution in [3.63, 3.8) is 0 Å². The molecule has 0 saturated heterocycles. The van der Waals surface area contributed by atoms with Crippen LogP contribution < -0.4 is 0 Å². The molecule has 0 aliphatic carbocycles. The number of nitrogens with zero attached hydrogens (tertiary/aromatic N) is 1. The van der Waals surface area contributed by atoms with Gasteiger partial charge >= 0.3 is 0 Å². The van der Waals surface area contributed by atoms with Gasteiger partial charge in [-0.15, -0.1) is 0 Å². The molecule has 0 aliphatic heterocycles.